The highest BCUT2D eigenvalue weighted by Gasteiger charge is 2.04. The molecule has 0 unspecified atom stereocenters. The summed E-state index contributed by atoms with van der Waals surface area (Å²) in [6.45, 7) is 2.55. The van der Waals surface area contributed by atoms with Crippen molar-refractivity contribution in [2.24, 2.45) is 0 Å². The van der Waals surface area contributed by atoms with Gasteiger partial charge in [0.15, 0.2) is 0 Å². The number of benzene rings is 3. The fourth-order valence-corrected chi connectivity index (χ4v) is 2.94. The molecular weight excluding hydrogens is 382 g/mol. The molecule has 3 aromatic carbocycles. The SMILES string of the molecule is Cc1ccc(Nc2nccc(-c3ccc(OCc4ccc(Cl)cc4)cc3)n2)cc1. The second kappa shape index (κ2) is 8.76. The summed E-state index contributed by atoms with van der Waals surface area (Å²) in [5.41, 5.74) is 5.08. The lowest BCUT2D eigenvalue weighted by molar-refractivity contribution is 0.306. The van der Waals surface area contributed by atoms with E-state index in [1.165, 1.54) is 5.56 Å². The van der Waals surface area contributed by atoms with Crippen molar-refractivity contribution >= 4 is 23.2 Å². The van der Waals surface area contributed by atoms with Crippen LogP contribution in [0.15, 0.2) is 85.1 Å². The van der Waals surface area contributed by atoms with Gasteiger partial charge in [-0.2, -0.15) is 0 Å². The molecule has 4 rings (SSSR count). The Morgan fingerprint density at radius 1 is 0.862 bits per heavy atom. The zero-order chi connectivity index (χ0) is 20.1. The monoisotopic (exact) mass is 401 g/mol. The molecule has 1 heterocycles. The summed E-state index contributed by atoms with van der Waals surface area (Å²) in [5.74, 6) is 1.37. The number of rotatable bonds is 6. The highest BCUT2D eigenvalue weighted by atomic mass is 35.5. The molecule has 0 aliphatic carbocycles. The maximum Gasteiger partial charge on any atom is 0.227 e. The van der Waals surface area contributed by atoms with E-state index < -0.39 is 0 Å². The second-order valence-corrected chi connectivity index (χ2v) is 7.13. The van der Waals surface area contributed by atoms with Crippen LogP contribution in [0.1, 0.15) is 11.1 Å². The van der Waals surface area contributed by atoms with E-state index in [2.05, 4.69) is 34.3 Å². The summed E-state index contributed by atoms with van der Waals surface area (Å²) in [5, 5.41) is 3.96. The number of hydrogen-bond donors (Lipinski definition) is 1. The lowest BCUT2D eigenvalue weighted by Gasteiger charge is -2.09. The number of nitrogens with one attached hydrogen (secondary N) is 1. The molecule has 4 nitrogen and oxygen atoms in total. The van der Waals surface area contributed by atoms with Crippen LogP contribution < -0.4 is 10.1 Å². The van der Waals surface area contributed by atoms with Gasteiger partial charge in [-0.25, -0.2) is 9.97 Å². The van der Waals surface area contributed by atoms with E-state index >= 15 is 0 Å². The van der Waals surface area contributed by atoms with Crippen molar-refractivity contribution < 1.29 is 4.74 Å². The Kier molecular flexibility index (Phi) is 5.73. The smallest absolute Gasteiger partial charge is 0.227 e. The van der Waals surface area contributed by atoms with Crippen molar-refractivity contribution in [1.29, 1.82) is 0 Å². The van der Waals surface area contributed by atoms with Crippen LogP contribution in [-0.4, -0.2) is 9.97 Å². The van der Waals surface area contributed by atoms with Gasteiger partial charge in [0.05, 0.1) is 5.69 Å². The normalized spacial score (nSPS) is 10.6. The van der Waals surface area contributed by atoms with Gasteiger partial charge >= 0.3 is 0 Å². The minimum absolute atomic E-state index is 0.495. The van der Waals surface area contributed by atoms with Gasteiger partial charge in [-0.05, 0) is 67.1 Å². The number of halogens is 1. The van der Waals surface area contributed by atoms with E-state index in [0.717, 1.165) is 33.3 Å². The van der Waals surface area contributed by atoms with Gasteiger partial charge in [-0.15, -0.1) is 0 Å². The van der Waals surface area contributed by atoms with Crippen LogP contribution in [0.4, 0.5) is 11.6 Å². The Morgan fingerprint density at radius 2 is 1.59 bits per heavy atom. The average molecular weight is 402 g/mol. The van der Waals surface area contributed by atoms with Crippen molar-refractivity contribution in [2.75, 3.05) is 5.32 Å². The molecule has 0 saturated carbocycles. The molecule has 0 saturated heterocycles. The third-order valence-corrected chi connectivity index (χ3v) is 4.68. The molecule has 0 aliphatic heterocycles. The molecule has 144 valence electrons. The first-order chi connectivity index (χ1) is 14.2. The average Bonchev–Trinajstić information content (AvgIpc) is 2.76. The predicted octanol–water partition coefficient (Wildman–Crippen LogP) is 6.43. The van der Waals surface area contributed by atoms with Crippen molar-refractivity contribution in [3.05, 3.63) is 101 Å². The number of aromatic nitrogens is 2. The summed E-state index contributed by atoms with van der Waals surface area (Å²) in [7, 11) is 0. The molecule has 0 fully saturated rings. The van der Waals surface area contributed by atoms with E-state index in [1.54, 1.807) is 6.20 Å². The fraction of sp³-hybridized carbons (Fsp3) is 0.0833. The molecule has 0 spiro atoms. The Balaban J connectivity index is 1.43. The van der Waals surface area contributed by atoms with Crippen LogP contribution in [0.25, 0.3) is 11.3 Å². The molecule has 0 bridgehead atoms. The maximum atomic E-state index is 5.91. The fourth-order valence-electron chi connectivity index (χ4n) is 2.81. The molecule has 0 aliphatic rings. The molecule has 4 aromatic rings. The molecule has 0 amide bonds. The third-order valence-electron chi connectivity index (χ3n) is 4.43. The van der Waals surface area contributed by atoms with Gasteiger partial charge in [0.1, 0.15) is 12.4 Å². The third kappa shape index (κ3) is 5.12. The van der Waals surface area contributed by atoms with E-state index in [0.29, 0.717) is 12.6 Å². The largest absolute Gasteiger partial charge is 0.489 e. The minimum atomic E-state index is 0.495. The molecule has 1 aromatic heterocycles. The van der Waals surface area contributed by atoms with E-state index in [9.17, 15) is 0 Å². The van der Waals surface area contributed by atoms with Gasteiger partial charge in [0, 0.05) is 22.5 Å². The molecule has 0 atom stereocenters. The van der Waals surface area contributed by atoms with Gasteiger partial charge in [-0.3, -0.25) is 0 Å². The molecular formula is C24H20ClN3O. The van der Waals surface area contributed by atoms with Crippen molar-refractivity contribution in [3.8, 4) is 17.0 Å². The molecule has 0 radical (unpaired) electrons. The van der Waals surface area contributed by atoms with E-state index in [4.69, 9.17) is 16.3 Å². The van der Waals surface area contributed by atoms with Crippen LogP contribution in [0, 0.1) is 6.92 Å². The minimum Gasteiger partial charge on any atom is -0.489 e. The maximum absolute atomic E-state index is 5.91. The first-order valence-electron chi connectivity index (χ1n) is 9.30. The van der Waals surface area contributed by atoms with E-state index in [1.807, 2.05) is 66.7 Å². The zero-order valence-corrected chi connectivity index (χ0v) is 16.7. The number of ether oxygens (including phenoxy) is 1. The summed E-state index contributed by atoms with van der Waals surface area (Å²) in [4.78, 5) is 8.93. The highest BCUT2D eigenvalue weighted by Crippen LogP contribution is 2.23. The number of anilines is 2. The Labute approximate surface area is 175 Å². The Hall–Kier alpha value is -3.37. The van der Waals surface area contributed by atoms with Crippen LogP contribution in [0.3, 0.4) is 0 Å². The lowest BCUT2D eigenvalue weighted by atomic mass is 10.1. The van der Waals surface area contributed by atoms with E-state index in [-0.39, 0.29) is 0 Å². The first kappa shape index (κ1) is 19.0. The highest BCUT2D eigenvalue weighted by molar-refractivity contribution is 6.30. The van der Waals surface area contributed by atoms with Crippen LogP contribution in [0.5, 0.6) is 5.75 Å². The van der Waals surface area contributed by atoms with Gasteiger partial charge in [0.2, 0.25) is 5.95 Å². The number of nitrogens with zero attached hydrogens (tertiary/aromatic N) is 2. The molecule has 29 heavy (non-hydrogen) atoms. The van der Waals surface area contributed by atoms with Crippen LogP contribution in [0.2, 0.25) is 5.02 Å². The first-order valence-corrected chi connectivity index (χ1v) is 9.68. The van der Waals surface area contributed by atoms with Gasteiger partial charge < -0.3 is 10.1 Å². The van der Waals surface area contributed by atoms with Gasteiger partial charge in [-0.1, -0.05) is 41.4 Å². The van der Waals surface area contributed by atoms with Gasteiger partial charge in [0.25, 0.3) is 0 Å². The Morgan fingerprint density at radius 3 is 2.31 bits per heavy atom. The quantitative estimate of drug-likeness (QED) is 0.404. The summed E-state index contributed by atoms with van der Waals surface area (Å²) >= 11 is 5.91. The van der Waals surface area contributed by atoms with Crippen LogP contribution in [-0.2, 0) is 6.61 Å². The summed E-state index contributed by atoms with van der Waals surface area (Å²) in [6.07, 6.45) is 1.75. The van der Waals surface area contributed by atoms with Crippen molar-refractivity contribution in [1.82, 2.24) is 9.97 Å². The lowest BCUT2D eigenvalue weighted by Crippen LogP contribution is -1.98. The molecule has 1 N–H and O–H groups in total. The summed E-state index contributed by atoms with van der Waals surface area (Å²) < 4.78 is 5.85. The predicted molar refractivity (Wildman–Crippen MR) is 118 cm³/mol. The van der Waals surface area contributed by atoms with Crippen molar-refractivity contribution in [2.45, 2.75) is 13.5 Å². The summed E-state index contributed by atoms with van der Waals surface area (Å²) in [6, 6.07) is 25.5. The standard InChI is InChI=1S/C24H20ClN3O/c1-17-2-10-21(11-3-17)27-24-26-15-14-23(28-24)19-6-12-22(13-7-19)29-16-18-4-8-20(25)9-5-18/h2-15H,16H2,1H3,(H,26,27,28). The van der Waals surface area contributed by atoms with Crippen molar-refractivity contribution in [3.63, 3.8) is 0 Å². The number of aryl methyl sites for hydroxylation is 1. The Bertz CT molecular complexity index is 1080. The molecule has 5 heteroatoms. The second-order valence-electron chi connectivity index (χ2n) is 6.70. The van der Waals surface area contributed by atoms with Crippen LogP contribution >= 0.6 is 11.6 Å². The number of hydrogen-bond acceptors (Lipinski definition) is 4. The topological polar surface area (TPSA) is 47.0 Å². The zero-order valence-electron chi connectivity index (χ0n) is 16.0.